The number of nitrogens with zero attached hydrogens (tertiary/aromatic N) is 1. The first-order valence-electron chi connectivity index (χ1n) is 7.25. The quantitative estimate of drug-likeness (QED) is 0.535. The third kappa shape index (κ3) is 2.80. The lowest BCUT2D eigenvalue weighted by Crippen LogP contribution is -2.06. The first-order valence-corrected chi connectivity index (χ1v) is 8.07. The highest BCUT2D eigenvalue weighted by molar-refractivity contribution is 7.17. The van der Waals surface area contributed by atoms with E-state index in [2.05, 4.69) is 4.98 Å². The van der Waals surface area contributed by atoms with Gasteiger partial charge in [-0.15, -0.1) is 11.3 Å². The van der Waals surface area contributed by atoms with Gasteiger partial charge in [0, 0.05) is 11.3 Å². The number of aryl methyl sites for hydroxylation is 2. The summed E-state index contributed by atoms with van der Waals surface area (Å²) in [5.74, 6) is -1.79. The highest BCUT2D eigenvalue weighted by Gasteiger charge is 2.17. The van der Waals surface area contributed by atoms with Crippen LogP contribution in [0.2, 0.25) is 0 Å². The van der Waals surface area contributed by atoms with E-state index in [1.165, 1.54) is 17.4 Å². The molecule has 0 atom stereocenters. The molecule has 3 rings (SSSR count). The number of aromatic nitrogens is 1. The monoisotopic (exact) mass is 343 g/mol. The van der Waals surface area contributed by atoms with Crippen molar-refractivity contribution >= 4 is 22.7 Å². The van der Waals surface area contributed by atoms with Crippen LogP contribution in [0.1, 0.15) is 21.8 Å². The average molecular weight is 343 g/mol. The van der Waals surface area contributed by atoms with Crippen LogP contribution in [0.25, 0.3) is 10.4 Å². The summed E-state index contributed by atoms with van der Waals surface area (Å²) in [6, 6.07) is 9.24. The molecule has 0 aliphatic rings. The highest BCUT2D eigenvalue weighted by atomic mass is 32.1. The molecule has 1 aromatic heterocycles. The normalized spacial score (nSPS) is 10.8. The van der Waals surface area contributed by atoms with Gasteiger partial charge in [-0.05, 0) is 37.1 Å². The number of halogens is 2. The summed E-state index contributed by atoms with van der Waals surface area (Å²) < 4.78 is 26.6. The van der Waals surface area contributed by atoms with Crippen molar-refractivity contribution in [2.24, 2.45) is 0 Å². The Kier molecular flexibility index (Phi) is 4.15. The van der Waals surface area contributed by atoms with Crippen LogP contribution in [0.15, 0.2) is 36.4 Å². The molecular formula is C18H15F2N3S. The van der Waals surface area contributed by atoms with Crippen LogP contribution in [0.3, 0.4) is 0 Å². The van der Waals surface area contributed by atoms with Gasteiger partial charge in [-0.25, -0.2) is 13.8 Å². The maximum absolute atomic E-state index is 13.5. The molecule has 122 valence electrons. The molecule has 0 amide bonds. The van der Waals surface area contributed by atoms with Crippen LogP contribution in [0, 0.1) is 30.9 Å². The van der Waals surface area contributed by atoms with Gasteiger partial charge in [-0.1, -0.05) is 24.3 Å². The molecule has 0 bridgehead atoms. The van der Waals surface area contributed by atoms with Crippen LogP contribution in [-0.2, 0) is 0 Å². The van der Waals surface area contributed by atoms with Gasteiger partial charge in [0.2, 0.25) is 0 Å². The molecule has 0 saturated heterocycles. The van der Waals surface area contributed by atoms with Crippen molar-refractivity contribution in [3.63, 3.8) is 0 Å². The zero-order valence-electron chi connectivity index (χ0n) is 13.2. The van der Waals surface area contributed by atoms with Crippen LogP contribution in [0.5, 0.6) is 0 Å². The lowest BCUT2D eigenvalue weighted by molar-refractivity contribution is 0.509. The van der Waals surface area contributed by atoms with Crippen LogP contribution >= 0.6 is 11.3 Å². The van der Waals surface area contributed by atoms with E-state index >= 15 is 0 Å². The number of rotatable bonds is 3. The maximum Gasteiger partial charge on any atom is 0.159 e. The van der Waals surface area contributed by atoms with Crippen molar-refractivity contribution in [2.45, 2.75) is 13.8 Å². The summed E-state index contributed by atoms with van der Waals surface area (Å²) in [7, 11) is 0. The molecule has 0 saturated carbocycles. The van der Waals surface area contributed by atoms with Gasteiger partial charge in [-0.2, -0.15) is 0 Å². The molecule has 0 radical (unpaired) electrons. The zero-order chi connectivity index (χ0) is 17.4. The van der Waals surface area contributed by atoms with E-state index < -0.39 is 11.6 Å². The van der Waals surface area contributed by atoms with E-state index in [1.54, 1.807) is 13.0 Å². The number of benzene rings is 2. The van der Waals surface area contributed by atoms with Gasteiger partial charge >= 0.3 is 0 Å². The zero-order valence-corrected chi connectivity index (χ0v) is 14.0. The predicted molar refractivity (Wildman–Crippen MR) is 93.7 cm³/mol. The summed E-state index contributed by atoms with van der Waals surface area (Å²) in [6.07, 6.45) is 0. The van der Waals surface area contributed by atoms with Gasteiger partial charge in [-0.3, -0.25) is 5.41 Å². The number of nitrogen functional groups attached to an aromatic ring is 1. The van der Waals surface area contributed by atoms with Crippen LogP contribution < -0.4 is 5.73 Å². The Morgan fingerprint density at radius 3 is 2.58 bits per heavy atom. The van der Waals surface area contributed by atoms with E-state index in [4.69, 9.17) is 11.1 Å². The molecular weight excluding hydrogens is 328 g/mol. The second-order valence-electron chi connectivity index (χ2n) is 5.47. The van der Waals surface area contributed by atoms with Crippen molar-refractivity contribution < 1.29 is 8.78 Å². The fourth-order valence-corrected chi connectivity index (χ4v) is 3.45. The Balaban J connectivity index is 2.04. The number of para-hydroxylation sites is 1. The molecule has 3 nitrogen and oxygen atoms in total. The van der Waals surface area contributed by atoms with Crippen LogP contribution in [0.4, 0.5) is 14.5 Å². The minimum absolute atomic E-state index is 0.220. The van der Waals surface area contributed by atoms with Crippen molar-refractivity contribution in [1.82, 2.24) is 4.98 Å². The number of hydrogen-bond acceptors (Lipinski definition) is 4. The Bertz CT molecular complexity index is 947. The van der Waals surface area contributed by atoms with Gasteiger partial charge in [0.15, 0.2) is 11.6 Å². The molecule has 0 fully saturated rings. The Morgan fingerprint density at radius 2 is 1.88 bits per heavy atom. The largest absolute Gasteiger partial charge is 0.398 e. The molecule has 2 aromatic carbocycles. The molecule has 1 heterocycles. The first-order chi connectivity index (χ1) is 11.4. The molecule has 6 heteroatoms. The van der Waals surface area contributed by atoms with Crippen molar-refractivity contribution in [3.05, 3.63) is 69.9 Å². The Hall–Kier alpha value is -2.60. The van der Waals surface area contributed by atoms with Gasteiger partial charge in [0.05, 0.1) is 16.3 Å². The topological polar surface area (TPSA) is 62.8 Å². The van der Waals surface area contributed by atoms with Gasteiger partial charge < -0.3 is 5.73 Å². The summed E-state index contributed by atoms with van der Waals surface area (Å²) >= 11 is 1.26. The van der Waals surface area contributed by atoms with Crippen molar-refractivity contribution in [1.29, 1.82) is 5.41 Å². The SMILES string of the molecule is Cc1cccc(C(=N)c2nc(C)c(-c3ccc(F)c(F)c3)s2)c1N. The summed E-state index contributed by atoms with van der Waals surface area (Å²) in [6.45, 7) is 3.66. The average Bonchev–Trinajstić information content (AvgIpc) is 2.94. The number of nitrogens with two attached hydrogens (primary N) is 1. The minimum atomic E-state index is -0.903. The molecule has 0 spiro atoms. The van der Waals surface area contributed by atoms with E-state index in [0.29, 0.717) is 32.4 Å². The fourth-order valence-electron chi connectivity index (χ4n) is 2.42. The summed E-state index contributed by atoms with van der Waals surface area (Å²) in [5, 5.41) is 8.88. The highest BCUT2D eigenvalue weighted by Crippen LogP contribution is 2.32. The number of hydrogen-bond donors (Lipinski definition) is 2. The Labute approximate surface area is 142 Å². The minimum Gasteiger partial charge on any atom is -0.398 e. The van der Waals surface area contributed by atoms with Gasteiger partial charge in [0.25, 0.3) is 0 Å². The van der Waals surface area contributed by atoms with E-state index in [1.807, 2.05) is 19.1 Å². The number of nitrogens with one attached hydrogen (secondary N) is 1. The van der Waals surface area contributed by atoms with E-state index in [-0.39, 0.29) is 5.71 Å². The first kappa shape index (κ1) is 16.3. The molecule has 0 aliphatic carbocycles. The lowest BCUT2D eigenvalue weighted by atomic mass is 10.0. The standard InChI is InChI=1S/C18H15F2N3S/c1-9-4-3-5-12(15(9)21)16(22)18-23-10(2)17(24-18)11-6-7-13(19)14(20)8-11/h3-8,22H,21H2,1-2H3. The third-order valence-corrected chi connectivity index (χ3v) is 5.01. The van der Waals surface area contributed by atoms with Crippen molar-refractivity contribution in [3.8, 4) is 10.4 Å². The number of anilines is 1. The molecule has 0 unspecified atom stereocenters. The van der Waals surface area contributed by atoms with Gasteiger partial charge in [0.1, 0.15) is 5.01 Å². The maximum atomic E-state index is 13.5. The van der Waals surface area contributed by atoms with Crippen molar-refractivity contribution in [2.75, 3.05) is 5.73 Å². The molecule has 0 aliphatic heterocycles. The Morgan fingerprint density at radius 1 is 1.12 bits per heavy atom. The smallest absolute Gasteiger partial charge is 0.159 e. The number of thiazole rings is 1. The lowest BCUT2D eigenvalue weighted by Gasteiger charge is -2.07. The van der Waals surface area contributed by atoms with E-state index in [9.17, 15) is 8.78 Å². The summed E-state index contributed by atoms with van der Waals surface area (Å²) in [4.78, 5) is 5.12. The molecule has 3 aromatic rings. The molecule has 24 heavy (non-hydrogen) atoms. The second-order valence-corrected chi connectivity index (χ2v) is 6.47. The van der Waals surface area contributed by atoms with Crippen LogP contribution in [-0.4, -0.2) is 10.7 Å². The van der Waals surface area contributed by atoms with E-state index in [0.717, 1.165) is 17.7 Å². The second kappa shape index (κ2) is 6.13. The summed E-state index contributed by atoms with van der Waals surface area (Å²) in [5.41, 5.74) is 9.54. The third-order valence-electron chi connectivity index (χ3n) is 3.79. The fraction of sp³-hybridized carbons (Fsp3) is 0.111. The molecule has 3 N–H and O–H groups in total. The predicted octanol–water partition coefficient (Wildman–Crippen LogP) is 4.70.